The third-order valence-electron chi connectivity index (χ3n) is 13.6. The lowest BCUT2D eigenvalue weighted by Gasteiger charge is -2.34. The minimum absolute atomic E-state index is 0.439. The molecule has 2 heterocycles. The van der Waals surface area contributed by atoms with Crippen LogP contribution in [0.3, 0.4) is 0 Å². The first-order valence-electron chi connectivity index (χ1n) is 21.8. The first-order chi connectivity index (χ1) is 31.3. The monoisotopic (exact) mass is 800 g/mol. The fourth-order valence-electron chi connectivity index (χ4n) is 10.9. The van der Waals surface area contributed by atoms with Gasteiger partial charge < -0.3 is 9.13 Å². The average molecular weight is 801 g/mol. The molecule has 294 valence electrons. The second-order valence-electron chi connectivity index (χ2n) is 16.8. The van der Waals surface area contributed by atoms with Crippen molar-refractivity contribution in [3.05, 3.63) is 265 Å². The first kappa shape index (κ1) is 35.5. The third-order valence-corrected chi connectivity index (χ3v) is 13.6. The van der Waals surface area contributed by atoms with Gasteiger partial charge in [0.25, 0.3) is 0 Å². The summed E-state index contributed by atoms with van der Waals surface area (Å²) >= 11 is 0. The number of fused-ring (bicyclic) bond motifs is 9. The van der Waals surface area contributed by atoms with Gasteiger partial charge in [-0.05, 0) is 116 Å². The molecule has 0 saturated carbocycles. The molecule has 12 aromatic rings. The minimum Gasteiger partial charge on any atom is -0.309 e. The maximum atomic E-state index is 2.45. The number of benzene rings is 10. The van der Waals surface area contributed by atoms with Gasteiger partial charge in [-0.1, -0.05) is 182 Å². The second kappa shape index (κ2) is 13.9. The van der Waals surface area contributed by atoms with Crippen molar-refractivity contribution in [2.75, 3.05) is 0 Å². The second-order valence-corrected chi connectivity index (χ2v) is 16.8. The van der Waals surface area contributed by atoms with E-state index >= 15 is 0 Å². The highest BCUT2D eigenvalue weighted by atomic mass is 15.0. The summed E-state index contributed by atoms with van der Waals surface area (Å²) < 4.78 is 4.86. The largest absolute Gasteiger partial charge is 0.309 e. The molecular formula is C61H40N2. The SMILES string of the molecule is c1ccc(-c2ccc3c(c2)c2cc(-c4ccc5c6ccccc6n(-c6ccc(C7(c8ccccc8)c8ccccc8-c8ccccc87)cc6)c5c4)ccc2n3-c2ccccc2)cc1. The van der Waals surface area contributed by atoms with Crippen molar-refractivity contribution < 1.29 is 0 Å². The minimum atomic E-state index is -0.439. The molecule has 0 amide bonds. The summed E-state index contributed by atoms with van der Waals surface area (Å²) in [4.78, 5) is 0. The number of nitrogens with zero attached hydrogens (tertiary/aromatic N) is 2. The Morgan fingerprint density at radius 1 is 0.254 bits per heavy atom. The van der Waals surface area contributed by atoms with Crippen LogP contribution in [0.2, 0.25) is 0 Å². The number of hydrogen-bond donors (Lipinski definition) is 0. The fraction of sp³-hybridized carbons (Fsp3) is 0.0164. The molecule has 0 atom stereocenters. The van der Waals surface area contributed by atoms with Crippen LogP contribution in [0.1, 0.15) is 22.3 Å². The Balaban J connectivity index is 0.986. The summed E-state index contributed by atoms with van der Waals surface area (Å²) in [5, 5.41) is 4.97. The zero-order valence-electron chi connectivity index (χ0n) is 34.5. The molecule has 10 aromatic carbocycles. The normalized spacial score (nSPS) is 12.9. The summed E-state index contributed by atoms with van der Waals surface area (Å²) in [5.41, 5.74) is 19.2. The molecule has 0 fully saturated rings. The van der Waals surface area contributed by atoms with Gasteiger partial charge in [0.2, 0.25) is 0 Å². The molecule has 1 aliphatic rings. The molecule has 2 aromatic heterocycles. The summed E-state index contributed by atoms with van der Waals surface area (Å²) in [5.74, 6) is 0. The summed E-state index contributed by atoms with van der Waals surface area (Å²) in [6.07, 6.45) is 0. The number of aromatic nitrogens is 2. The van der Waals surface area contributed by atoms with E-state index in [-0.39, 0.29) is 0 Å². The van der Waals surface area contributed by atoms with Gasteiger partial charge in [0.1, 0.15) is 0 Å². The van der Waals surface area contributed by atoms with Crippen LogP contribution in [0.25, 0.3) is 88.4 Å². The van der Waals surface area contributed by atoms with Crippen molar-refractivity contribution in [3.63, 3.8) is 0 Å². The van der Waals surface area contributed by atoms with Gasteiger partial charge >= 0.3 is 0 Å². The van der Waals surface area contributed by atoms with E-state index in [0.717, 1.165) is 11.4 Å². The van der Waals surface area contributed by atoms with Crippen LogP contribution >= 0.6 is 0 Å². The van der Waals surface area contributed by atoms with E-state index in [2.05, 4.69) is 252 Å². The molecule has 0 aliphatic heterocycles. The van der Waals surface area contributed by atoms with Crippen LogP contribution in [0.15, 0.2) is 243 Å². The molecule has 2 nitrogen and oxygen atoms in total. The van der Waals surface area contributed by atoms with Gasteiger partial charge in [0.05, 0.1) is 27.5 Å². The Hall–Kier alpha value is -8.20. The number of rotatable bonds is 6. The van der Waals surface area contributed by atoms with Crippen molar-refractivity contribution in [2.24, 2.45) is 0 Å². The van der Waals surface area contributed by atoms with E-state index in [1.54, 1.807) is 0 Å². The standard InChI is InChI=1S/C61H40N2/c1-4-16-41(17-5-1)42-29-36-58-53(38-42)54-39-43(30-37-59(54)62(58)47-20-8-3-9-21-47)44-28-35-52-51-24-12-15-27-57(51)63(60(52)40-44)48-33-31-46(32-34-48)61(45-18-6-2-7-19-45)55-25-13-10-22-49(55)50-23-11-14-26-56(50)61/h1-40H. The Kier molecular flexibility index (Phi) is 7.85. The highest BCUT2D eigenvalue weighted by molar-refractivity contribution is 6.13. The van der Waals surface area contributed by atoms with Gasteiger partial charge in [-0.25, -0.2) is 0 Å². The lowest BCUT2D eigenvalue weighted by Crippen LogP contribution is -2.28. The molecule has 0 bridgehead atoms. The lowest BCUT2D eigenvalue weighted by molar-refractivity contribution is 0.768. The van der Waals surface area contributed by atoms with Crippen LogP contribution in [0.4, 0.5) is 0 Å². The van der Waals surface area contributed by atoms with Crippen molar-refractivity contribution in [1.29, 1.82) is 0 Å². The molecule has 2 heteroatoms. The lowest BCUT2D eigenvalue weighted by atomic mass is 9.68. The van der Waals surface area contributed by atoms with Crippen LogP contribution in [-0.2, 0) is 5.41 Å². The fourth-order valence-corrected chi connectivity index (χ4v) is 10.9. The quantitative estimate of drug-likeness (QED) is 0.159. The van der Waals surface area contributed by atoms with E-state index in [0.29, 0.717) is 0 Å². The average Bonchev–Trinajstić information content (AvgIpc) is 3.98. The summed E-state index contributed by atoms with van der Waals surface area (Å²) in [7, 11) is 0. The predicted octanol–water partition coefficient (Wildman–Crippen LogP) is 15.6. The van der Waals surface area contributed by atoms with E-state index in [1.165, 1.54) is 99.2 Å². The van der Waals surface area contributed by atoms with Gasteiger partial charge in [-0.2, -0.15) is 0 Å². The maximum Gasteiger partial charge on any atom is 0.0713 e. The predicted molar refractivity (Wildman–Crippen MR) is 263 cm³/mol. The summed E-state index contributed by atoms with van der Waals surface area (Å²) in [6, 6.07) is 89.5. The Labute approximate surface area is 366 Å². The Bertz CT molecular complexity index is 3660. The molecule has 1 aliphatic carbocycles. The zero-order valence-corrected chi connectivity index (χ0v) is 34.5. The maximum absolute atomic E-state index is 2.45. The van der Waals surface area contributed by atoms with E-state index in [4.69, 9.17) is 0 Å². The molecule has 0 radical (unpaired) electrons. The summed E-state index contributed by atoms with van der Waals surface area (Å²) in [6.45, 7) is 0. The third kappa shape index (κ3) is 5.25. The van der Waals surface area contributed by atoms with Crippen LogP contribution < -0.4 is 0 Å². The zero-order chi connectivity index (χ0) is 41.5. The molecule has 63 heavy (non-hydrogen) atoms. The van der Waals surface area contributed by atoms with E-state index in [9.17, 15) is 0 Å². The van der Waals surface area contributed by atoms with Crippen LogP contribution in [-0.4, -0.2) is 9.13 Å². The number of para-hydroxylation sites is 2. The van der Waals surface area contributed by atoms with Gasteiger partial charge in [0, 0.05) is 32.9 Å². The Morgan fingerprint density at radius 2 is 0.698 bits per heavy atom. The van der Waals surface area contributed by atoms with Crippen LogP contribution in [0.5, 0.6) is 0 Å². The van der Waals surface area contributed by atoms with E-state index < -0.39 is 5.41 Å². The van der Waals surface area contributed by atoms with Gasteiger partial charge in [0.15, 0.2) is 0 Å². The molecule has 0 unspecified atom stereocenters. The van der Waals surface area contributed by atoms with Gasteiger partial charge in [-0.3, -0.25) is 0 Å². The molecule has 0 spiro atoms. The van der Waals surface area contributed by atoms with E-state index in [1.807, 2.05) is 0 Å². The van der Waals surface area contributed by atoms with Crippen molar-refractivity contribution in [3.8, 4) is 44.8 Å². The van der Waals surface area contributed by atoms with Crippen molar-refractivity contribution in [1.82, 2.24) is 9.13 Å². The molecule has 0 saturated heterocycles. The molecular weight excluding hydrogens is 761 g/mol. The smallest absolute Gasteiger partial charge is 0.0713 e. The highest BCUT2D eigenvalue weighted by Crippen LogP contribution is 2.56. The highest BCUT2D eigenvalue weighted by Gasteiger charge is 2.45. The Morgan fingerprint density at radius 3 is 1.37 bits per heavy atom. The molecule has 13 rings (SSSR count). The first-order valence-corrected chi connectivity index (χ1v) is 21.8. The molecule has 0 N–H and O–H groups in total. The number of hydrogen-bond acceptors (Lipinski definition) is 0. The van der Waals surface area contributed by atoms with Crippen molar-refractivity contribution in [2.45, 2.75) is 5.41 Å². The van der Waals surface area contributed by atoms with Gasteiger partial charge in [-0.15, -0.1) is 0 Å². The van der Waals surface area contributed by atoms with Crippen LogP contribution in [0, 0.1) is 0 Å². The van der Waals surface area contributed by atoms with Crippen molar-refractivity contribution >= 4 is 43.6 Å². The topological polar surface area (TPSA) is 9.86 Å².